The third-order valence-electron chi connectivity index (χ3n) is 12.9. The molecule has 258 valence electrons. The maximum Gasteiger partial charge on any atom is 0.397 e. The van der Waals surface area contributed by atoms with Crippen molar-refractivity contribution in [2.75, 3.05) is 26.2 Å². The van der Waals surface area contributed by atoms with Crippen molar-refractivity contribution in [1.82, 2.24) is 5.32 Å². The van der Waals surface area contributed by atoms with Gasteiger partial charge in [-0.15, -0.1) is 0 Å². The summed E-state index contributed by atoms with van der Waals surface area (Å²) in [6.07, 6.45) is 12.6. The number of aliphatic hydroxyl groups is 1. The summed E-state index contributed by atoms with van der Waals surface area (Å²) in [5.41, 5.74) is 10.2. The van der Waals surface area contributed by atoms with Gasteiger partial charge in [0.15, 0.2) is 0 Å². The number of unbranched alkanes of at least 4 members (excludes halogenated alkanes) is 1. The number of aliphatic hydroxyl groups excluding tert-OH is 1. The molecular weight excluding hydrogens is 590 g/mol. The lowest BCUT2D eigenvalue weighted by molar-refractivity contribution is -0.157. The molecule has 10 atom stereocenters. The highest BCUT2D eigenvalue weighted by Crippen LogP contribution is 2.68. The summed E-state index contributed by atoms with van der Waals surface area (Å²) in [6, 6.07) is 0. The van der Waals surface area contributed by atoms with Crippen LogP contribution in [0.15, 0.2) is 10.1 Å². The smallest absolute Gasteiger partial charge is 0.393 e. The van der Waals surface area contributed by atoms with Crippen molar-refractivity contribution in [1.29, 1.82) is 0 Å². The van der Waals surface area contributed by atoms with E-state index in [2.05, 4.69) is 36.1 Å². The molecule has 0 aromatic rings. The summed E-state index contributed by atoms with van der Waals surface area (Å²) in [6.45, 7) is 14.5. The van der Waals surface area contributed by atoms with Crippen molar-refractivity contribution in [3.8, 4) is 0 Å². The van der Waals surface area contributed by atoms with E-state index in [4.69, 9.17) is 14.7 Å². The molecule has 0 radical (unpaired) electrons. The minimum Gasteiger partial charge on any atom is -0.393 e. The molecule has 4 saturated carbocycles. The predicted molar refractivity (Wildman–Crippen MR) is 179 cm³/mol. The van der Waals surface area contributed by atoms with Crippen molar-refractivity contribution in [2.24, 2.45) is 62.4 Å². The maximum absolute atomic E-state index is 11.8. The zero-order chi connectivity index (χ0) is 32.8. The Bertz CT molecular complexity index is 1160. The van der Waals surface area contributed by atoms with Crippen molar-refractivity contribution < 1.29 is 22.3 Å². The van der Waals surface area contributed by atoms with E-state index in [0.717, 1.165) is 64.6 Å². The second kappa shape index (κ2) is 15.8. The average Bonchev–Trinajstić information content (AvgIpc) is 3.33. The van der Waals surface area contributed by atoms with Gasteiger partial charge in [0.05, 0.1) is 12.2 Å². The fourth-order valence-corrected chi connectivity index (χ4v) is 11.1. The first-order chi connectivity index (χ1) is 21.3. The van der Waals surface area contributed by atoms with Crippen molar-refractivity contribution in [3.05, 3.63) is 10.4 Å². The van der Waals surface area contributed by atoms with Crippen LogP contribution in [0, 0.1) is 52.3 Å². The second-order valence-corrected chi connectivity index (χ2v) is 16.9. The fourth-order valence-electron chi connectivity index (χ4n) is 10.5. The molecule has 0 bridgehead atoms. The van der Waals surface area contributed by atoms with Crippen LogP contribution in [0.5, 0.6) is 0 Å². The molecule has 0 amide bonds. The molecule has 3 N–H and O–H groups in total. The highest BCUT2D eigenvalue weighted by molar-refractivity contribution is 7.80. The standard InChI is InChI=1S/C34H61N5O5S/c1-23(2)31(44-45(41,42)43)12-9-24(3)27-10-11-28-32-29(14-16-34(27,28)5)33(4)15-13-26(21-25(33)22-30(32)40)37-19-8-18-36-17-6-7-20-38-39-35/h23-25,27-32,36,40H,6-22H2,1-5H3,(H,41,42,43)/t24-,25-,27-,28?,29?,30?,31-,32?,33+,34-/m1/s1. The van der Waals surface area contributed by atoms with E-state index in [0.29, 0.717) is 48.5 Å². The molecule has 0 aromatic heterocycles. The third kappa shape index (κ3) is 8.82. The van der Waals surface area contributed by atoms with Crippen LogP contribution < -0.4 is 5.32 Å². The van der Waals surface area contributed by atoms with Crippen LogP contribution in [0.4, 0.5) is 0 Å². The van der Waals surface area contributed by atoms with Gasteiger partial charge in [0.2, 0.25) is 0 Å². The van der Waals surface area contributed by atoms with Crippen LogP contribution >= 0.6 is 0 Å². The Balaban J connectivity index is 1.30. The fraction of sp³-hybridized carbons (Fsp3) is 0.971. The van der Waals surface area contributed by atoms with Gasteiger partial charge in [-0.25, -0.2) is 4.18 Å². The molecule has 4 unspecified atom stereocenters. The van der Waals surface area contributed by atoms with Gasteiger partial charge in [-0.1, -0.05) is 39.7 Å². The zero-order valence-corrected chi connectivity index (χ0v) is 29.3. The van der Waals surface area contributed by atoms with Crippen LogP contribution in [0.1, 0.15) is 118 Å². The monoisotopic (exact) mass is 651 g/mol. The van der Waals surface area contributed by atoms with Gasteiger partial charge in [-0.2, -0.15) is 8.42 Å². The Morgan fingerprint density at radius 2 is 1.76 bits per heavy atom. The number of nitrogens with zero attached hydrogens (tertiary/aromatic N) is 4. The summed E-state index contributed by atoms with van der Waals surface area (Å²) in [5, 5.41) is 18.8. The Morgan fingerprint density at radius 3 is 2.47 bits per heavy atom. The molecule has 0 saturated heterocycles. The molecule has 11 heteroatoms. The number of aliphatic imine (C=N–C) groups is 1. The van der Waals surface area contributed by atoms with Crippen molar-refractivity contribution in [3.63, 3.8) is 0 Å². The van der Waals surface area contributed by atoms with Crippen LogP contribution in [-0.4, -0.2) is 62.2 Å². The van der Waals surface area contributed by atoms with E-state index in [1.807, 2.05) is 13.8 Å². The number of hydrogen-bond donors (Lipinski definition) is 3. The lowest BCUT2D eigenvalue weighted by Crippen LogP contribution is -2.58. The van der Waals surface area contributed by atoms with Crippen molar-refractivity contribution in [2.45, 2.75) is 130 Å². The molecule has 10 nitrogen and oxygen atoms in total. The molecule has 45 heavy (non-hydrogen) atoms. The molecule has 0 aromatic carbocycles. The van der Waals surface area contributed by atoms with E-state index in [1.54, 1.807) is 0 Å². The van der Waals surface area contributed by atoms with Crippen LogP contribution in [0.2, 0.25) is 0 Å². The summed E-state index contributed by atoms with van der Waals surface area (Å²) < 4.78 is 37.1. The number of rotatable bonds is 16. The van der Waals surface area contributed by atoms with Gasteiger partial charge in [0, 0.05) is 23.7 Å². The quantitative estimate of drug-likeness (QED) is 0.0519. The summed E-state index contributed by atoms with van der Waals surface area (Å²) in [7, 11) is -4.47. The highest BCUT2D eigenvalue weighted by Gasteiger charge is 2.62. The van der Waals surface area contributed by atoms with E-state index < -0.39 is 16.5 Å². The van der Waals surface area contributed by atoms with Gasteiger partial charge < -0.3 is 10.4 Å². The van der Waals surface area contributed by atoms with E-state index >= 15 is 0 Å². The van der Waals surface area contributed by atoms with Crippen LogP contribution in [0.25, 0.3) is 10.4 Å². The van der Waals surface area contributed by atoms with E-state index in [9.17, 15) is 18.1 Å². The van der Waals surface area contributed by atoms with Crippen LogP contribution in [0.3, 0.4) is 0 Å². The lowest BCUT2D eigenvalue weighted by atomic mass is 9.43. The Morgan fingerprint density at radius 1 is 1.02 bits per heavy atom. The Kier molecular flexibility index (Phi) is 12.8. The molecule has 0 spiro atoms. The second-order valence-electron chi connectivity index (χ2n) is 15.8. The first kappa shape index (κ1) is 36.6. The molecule has 4 aliphatic rings. The van der Waals surface area contributed by atoms with Gasteiger partial charge in [-0.05, 0) is 154 Å². The number of azide groups is 1. The Labute approximate surface area is 272 Å². The predicted octanol–water partition coefficient (Wildman–Crippen LogP) is 7.39. The molecular formula is C34H61N5O5S. The third-order valence-corrected chi connectivity index (χ3v) is 13.4. The molecule has 4 fully saturated rings. The topological polar surface area (TPSA) is 157 Å². The lowest BCUT2D eigenvalue weighted by Gasteiger charge is -2.62. The molecule has 4 aliphatic carbocycles. The first-order valence-corrected chi connectivity index (χ1v) is 19.2. The SMILES string of the molecule is CC(C)[C@@H](CC[C@@H](C)[C@H]1CCC2C3C(O)C[C@H]4CC(=NCCCNCCCCN=[N+]=[N-])CC[C@]4(C)C3CC[C@@]21C)OS(=O)(=O)O. The minimum atomic E-state index is -4.47. The largest absolute Gasteiger partial charge is 0.397 e. The normalized spacial score (nSPS) is 37.0. The van der Waals surface area contributed by atoms with E-state index in [1.165, 1.54) is 37.8 Å². The summed E-state index contributed by atoms with van der Waals surface area (Å²) in [5.74, 6) is 2.96. The van der Waals surface area contributed by atoms with Gasteiger partial charge >= 0.3 is 10.4 Å². The number of nitrogens with one attached hydrogen (secondary N) is 1. The first-order valence-electron chi connectivity index (χ1n) is 17.9. The summed E-state index contributed by atoms with van der Waals surface area (Å²) >= 11 is 0. The minimum absolute atomic E-state index is 0.00345. The van der Waals surface area contributed by atoms with Gasteiger partial charge in [-0.3, -0.25) is 9.55 Å². The van der Waals surface area contributed by atoms with Gasteiger partial charge in [0.25, 0.3) is 0 Å². The highest BCUT2D eigenvalue weighted by atomic mass is 32.3. The maximum atomic E-state index is 11.8. The number of hydrogen-bond acceptors (Lipinski definition) is 7. The number of fused-ring (bicyclic) bond motifs is 5. The van der Waals surface area contributed by atoms with Crippen LogP contribution in [-0.2, 0) is 14.6 Å². The molecule has 0 aliphatic heterocycles. The molecule has 0 heterocycles. The summed E-state index contributed by atoms with van der Waals surface area (Å²) in [4.78, 5) is 7.82. The molecule has 4 rings (SSSR count). The zero-order valence-electron chi connectivity index (χ0n) is 28.5. The van der Waals surface area contributed by atoms with E-state index in [-0.39, 0.29) is 22.9 Å². The van der Waals surface area contributed by atoms with Crippen molar-refractivity contribution >= 4 is 16.1 Å². The van der Waals surface area contributed by atoms with Gasteiger partial charge in [0.1, 0.15) is 0 Å². The Hall–Kier alpha value is -1.23. The average molecular weight is 652 g/mol.